The van der Waals surface area contributed by atoms with E-state index in [1.807, 2.05) is 0 Å². The summed E-state index contributed by atoms with van der Waals surface area (Å²) < 4.78 is 353. The predicted molar refractivity (Wildman–Crippen MR) is 147 cm³/mol. The quantitative estimate of drug-likeness (QED) is 0.131. The molecular formula is C17H16F15N3O14S6. The first-order valence-electron chi connectivity index (χ1n) is 12.3. The fourth-order valence-corrected chi connectivity index (χ4v) is 9.76. The van der Waals surface area contributed by atoms with Crippen molar-refractivity contribution in [3.8, 4) is 11.5 Å². The number of nitrogens with one attached hydrogen (secondary N) is 3. The molecule has 0 saturated heterocycles. The second-order valence-electron chi connectivity index (χ2n) is 9.78. The Hall–Kier alpha value is -2.65. The van der Waals surface area contributed by atoms with E-state index in [9.17, 15) is 116 Å². The van der Waals surface area contributed by atoms with E-state index >= 15 is 0 Å². The van der Waals surface area contributed by atoms with Crippen LogP contribution in [-0.2, 0) is 66.9 Å². The normalized spacial score (nSPS) is 15.5. The molecule has 17 nitrogen and oxygen atoms in total. The van der Waals surface area contributed by atoms with Crippen molar-refractivity contribution < 1.29 is 125 Å². The van der Waals surface area contributed by atoms with Crippen LogP contribution in [-0.4, -0.2) is 102 Å². The van der Waals surface area contributed by atoms with Gasteiger partial charge in [0, 0.05) is 12.6 Å². The van der Waals surface area contributed by atoms with Crippen LogP contribution < -0.4 is 21.9 Å². The minimum Gasteiger partial charge on any atom is -0.378 e. The van der Waals surface area contributed by atoms with Gasteiger partial charge in [0.15, 0.2) is 0 Å². The Labute approximate surface area is 298 Å². The summed E-state index contributed by atoms with van der Waals surface area (Å²) >= 11 is 0. The molecule has 0 fully saturated rings. The van der Waals surface area contributed by atoms with Crippen molar-refractivity contribution in [1.29, 1.82) is 0 Å². The molecule has 0 aliphatic rings. The third kappa shape index (κ3) is 9.24. The fraction of sp³-hybridized carbons (Fsp3) is 0.647. The number of halogens is 15. The number of sulfonamides is 4. The number of benzene rings is 1. The number of alkyl halides is 15. The third-order valence-corrected chi connectivity index (χ3v) is 14.4. The largest absolute Gasteiger partial charge is 0.512 e. The van der Waals surface area contributed by atoms with Crippen LogP contribution >= 0.6 is 0 Å². The van der Waals surface area contributed by atoms with Crippen molar-refractivity contribution in [1.82, 2.24) is 13.6 Å². The van der Waals surface area contributed by atoms with Gasteiger partial charge in [-0.2, -0.15) is 82.7 Å². The molecule has 0 saturated carbocycles. The molecule has 0 heterocycles. The first-order valence-corrected chi connectivity index (χ1v) is 21.5. The van der Waals surface area contributed by atoms with Gasteiger partial charge in [-0.3, -0.25) is 0 Å². The molecule has 0 radical (unpaired) electrons. The zero-order chi connectivity index (χ0) is 44.3. The van der Waals surface area contributed by atoms with Gasteiger partial charge in [0.2, 0.25) is 10.0 Å². The third-order valence-electron chi connectivity index (χ3n) is 5.48. The van der Waals surface area contributed by atoms with Gasteiger partial charge in [-0.05, 0) is 24.2 Å². The summed E-state index contributed by atoms with van der Waals surface area (Å²) in [5.41, 5.74) is -7.88. The molecule has 55 heavy (non-hydrogen) atoms. The van der Waals surface area contributed by atoms with Crippen LogP contribution in [0.4, 0.5) is 65.9 Å². The molecular weight excluding hydrogens is 948 g/mol. The molecule has 0 aliphatic carbocycles. The zero-order valence-electron chi connectivity index (χ0n) is 25.5. The van der Waals surface area contributed by atoms with E-state index in [-0.39, 0.29) is 29.1 Å². The SMILES string of the molecule is CCNCc1cc(OS(=O)(=O)C(F)(F)C(F)(F)C(F)(F)S(=O)(=O)NS(C)(=O)=O)cc(OS(=O)(=O)C(F)(F)C(F)(F)C(F)(F)S(=O)(=O)NS(=O)(=O)C(F)(F)F)c1. The van der Waals surface area contributed by atoms with Crippen LogP contribution in [0.2, 0.25) is 0 Å². The highest BCUT2D eigenvalue weighted by molar-refractivity contribution is 8.06. The van der Waals surface area contributed by atoms with Crippen molar-refractivity contribution in [2.24, 2.45) is 0 Å². The summed E-state index contributed by atoms with van der Waals surface area (Å²) in [6, 6.07) is -0.752. The van der Waals surface area contributed by atoms with Gasteiger partial charge in [0.25, 0.3) is 20.0 Å². The Balaban J connectivity index is 3.85. The lowest BCUT2D eigenvalue weighted by Gasteiger charge is -2.31. The molecule has 38 heteroatoms. The zero-order valence-corrected chi connectivity index (χ0v) is 30.4. The topological polar surface area (TPSA) is 259 Å². The molecule has 1 aromatic rings. The summed E-state index contributed by atoms with van der Waals surface area (Å²) in [7, 11) is -44.9. The highest BCUT2D eigenvalue weighted by Gasteiger charge is 2.84. The van der Waals surface area contributed by atoms with Gasteiger partial charge in [0.05, 0.1) is 6.26 Å². The van der Waals surface area contributed by atoms with Gasteiger partial charge in [-0.1, -0.05) is 11.1 Å². The molecule has 0 aromatic heterocycles. The van der Waals surface area contributed by atoms with E-state index in [1.54, 1.807) is 0 Å². The number of hydrogen-bond acceptors (Lipinski definition) is 15. The van der Waals surface area contributed by atoms with Gasteiger partial charge < -0.3 is 13.7 Å². The van der Waals surface area contributed by atoms with Crippen molar-refractivity contribution in [3.63, 3.8) is 0 Å². The van der Waals surface area contributed by atoms with E-state index in [1.165, 1.54) is 6.92 Å². The maximum Gasteiger partial charge on any atom is 0.512 e. The Morgan fingerprint density at radius 3 is 1.13 bits per heavy atom. The van der Waals surface area contributed by atoms with Crippen LogP contribution in [0.1, 0.15) is 12.5 Å². The number of hydrogen-bond donors (Lipinski definition) is 3. The van der Waals surface area contributed by atoms with Crippen molar-refractivity contribution >= 4 is 60.3 Å². The molecule has 0 aliphatic heterocycles. The second-order valence-corrected chi connectivity index (χ2v) is 20.3. The van der Waals surface area contributed by atoms with E-state index in [2.05, 4.69) is 13.7 Å². The lowest BCUT2D eigenvalue weighted by atomic mass is 10.2. The van der Waals surface area contributed by atoms with E-state index < -0.39 is 133 Å². The lowest BCUT2D eigenvalue weighted by molar-refractivity contribution is -0.245. The summed E-state index contributed by atoms with van der Waals surface area (Å²) in [5, 5.41) is -28.4. The van der Waals surface area contributed by atoms with Crippen LogP contribution in [0.15, 0.2) is 18.2 Å². The van der Waals surface area contributed by atoms with E-state index in [0.717, 1.165) is 0 Å². The van der Waals surface area contributed by atoms with Crippen LogP contribution in [0, 0.1) is 0 Å². The van der Waals surface area contributed by atoms with Crippen LogP contribution in [0.25, 0.3) is 0 Å². The molecule has 0 unspecified atom stereocenters. The Morgan fingerprint density at radius 2 is 0.836 bits per heavy atom. The van der Waals surface area contributed by atoms with Gasteiger partial charge in [-0.25, -0.2) is 33.7 Å². The molecule has 0 spiro atoms. The van der Waals surface area contributed by atoms with Crippen molar-refractivity contribution in [2.45, 2.75) is 51.8 Å². The van der Waals surface area contributed by atoms with Crippen molar-refractivity contribution in [2.75, 3.05) is 12.8 Å². The fourth-order valence-electron chi connectivity index (χ4n) is 2.94. The molecule has 0 bridgehead atoms. The maximum absolute atomic E-state index is 14.5. The monoisotopic (exact) mass is 963 g/mol. The summed E-state index contributed by atoms with van der Waals surface area (Å²) in [5.74, 6) is -20.2. The smallest absolute Gasteiger partial charge is 0.378 e. The van der Waals surface area contributed by atoms with E-state index in [0.29, 0.717) is 0 Å². The van der Waals surface area contributed by atoms with Crippen molar-refractivity contribution in [3.05, 3.63) is 23.8 Å². The predicted octanol–water partition coefficient (Wildman–Crippen LogP) is 1.50. The van der Waals surface area contributed by atoms with Gasteiger partial charge in [-0.15, -0.1) is 4.13 Å². The minimum atomic E-state index is -8.27. The highest BCUT2D eigenvalue weighted by atomic mass is 32.3. The second kappa shape index (κ2) is 14.6. The highest BCUT2D eigenvalue weighted by Crippen LogP contribution is 2.53. The Morgan fingerprint density at radius 1 is 0.509 bits per heavy atom. The average molecular weight is 964 g/mol. The van der Waals surface area contributed by atoms with Crippen LogP contribution in [0.3, 0.4) is 0 Å². The molecule has 324 valence electrons. The van der Waals surface area contributed by atoms with Gasteiger partial charge >= 0.3 is 68.6 Å². The average Bonchev–Trinajstić information content (AvgIpc) is 2.92. The summed E-state index contributed by atoms with van der Waals surface area (Å²) in [6.45, 7) is 0.0689. The lowest BCUT2D eigenvalue weighted by Crippen LogP contribution is -2.64. The Bertz CT molecular complexity index is 2320. The standard InChI is InChI=1S/C17H16F15N3O14S6/c1-3-33-7-8-4-9(48-54(44,45)15(26,27)11(18,19)13(22,23)51(38,39)34-50(2,36)37)6-10(5-8)49-55(46,47)16(28,29)12(20,21)14(24,25)52(40,41)35-53(42,43)17(30,31)32/h4-6,33-35H,3,7H2,1-2H3. The van der Waals surface area contributed by atoms with Crippen LogP contribution in [0.5, 0.6) is 11.5 Å². The molecule has 0 amide bonds. The van der Waals surface area contributed by atoms with E-state index in [4.69, 9.17) is 0 Å². The first kappa shape index (κ1) is 50.4. The Kier molecular flexibility index (Phi) is 13.4. The summed E-state index contributed by atoms with van der Waals surface area (Å²) in [6.07, 6.45) is -0.288. The first-order chi connectivity index (χ1) is 23.8. The summed E-state index contributed by atoms with van der Waals surface area (Å²) in [4.78, 5) is 0. The molecule has 0 atom stereocenters. The number of rotatable bonds is 19. The molecule has 3 N–H and O–H groups in total. The van der Waals surface area contributed by atoms with Gasteiger partial charge in [0.1, 0.15) is 11.5 Å². The molecule has 1 aromatic carbocycles. The maximum atomic E-state index is 14.5. The molecule has 1 rings (SSSR count). The minimum absolute atomic E-state index is 0.0196.